The first-order valence-electron chi connectivity index (χ1n) is 13.5. The van der Waals surface area contributed by atoms with Gasteiger partial charge in [0.2, 0.25) is 11.0 Å². The van der Waals surface area contributed by atoms with Gasteiger partial charge >= 0.3 is 6.36 Å². The Bertz CT molecular complexity index is 1710. The molecule has 0 aliphatic carbocycles. The third kappa shape index (κ3) is 8.05. The van der Waals surface area contributed by atoms with Crippen molar-refractivity contribution in [1.29, 1.82) is 0 Å². The molecule has 5 rings (SSSR count). The molecule has 2 heterocycles. The van der Waals surface area contributed by atoms with Gasteiger partial charge in [0, 0.05) is 18.2 Å². The summed E-state index contributed by atoms with van der Waals surface area (Å²) in [6.07, 6.45) is -3.71. The average Bonchev–Trinajstić information content (AvgIpc) is 3.64. The number of halogens is 3. The van der Waals surface area contributed by atoms with Gasteiger partial charge in [-0.3, -0.25) is 14.5 Å². The van der Waals surface area contributed by atoms with E-state index in [0.717, 1.165) is 22.3 Å². The van der Waals surface area contributed by atoms with Crippen molar-refractivity contribution in [1.82, 2.24) is 20.2 Å². The number of nitrogens with zero attached hydrogens (tertiary/aromatic N) is 5. The lowest BCUT2D eigenvalue weighted by Crippen LogP contribution is -2.32. The first-order chi connectivity index (χ1) is 21.5. The van der Waals surface area contributed by atoms with Gasteiger partial charge in [0.15, 0.2) is 11.0 Å². The fourth-order valence-corrected chi connectivity index (χ4v) is 5.44. The van der Waals surface area contributed by atoms with Gasteiger partial charge in [0.05, 0.1) is 23.7 Å². The molecule has 1 aliphatic rings. The van der Waals surface area contributed by atoms with E-state index < -0.39 is 12.5 Å². The van der Waals surface area contributed by atoms with Gasteiger partial charge in [-0.25, -0.2) is 15.1 Å². The normalized spacial score (nSPS) is 15.0. The molecule has 3 aromatic carbocycles. The number of anilines is 1. The number of thioether (sulfide) groups is 1. The van der Waals surface area contributed by atoms with E-state index in [4.69, 9.17) is 21.8 Å². The van der Waals surface area contributed by atoms with Crippen LogP contribution in [-0.2, 0) is 21.0 Å². The van der Waals surface area contributed by atoms with Gasteiger partial charge in [0.1, 0.15) is 18.2 Å². The lowest BCUT2D eigenvalue weighted by molar-refractivity contribution is -0.274. The molecule has 45 heavy (non-hydrogen) atoms. The van der Waals surface area contributed by atoms with E-state index >= 15 is 0 Å². The lowest BCUT2D eigenvalue weighted by atomic mass is 10.1. The number of aliphatic imine (C=N–C) groups is 1. The Hall–Kier alpha value is -4.31. The van der Waals surface area contributed by atoms with Crippen LogP contribution in [0.4, 0.5) is 18.9 Å². The summed E-state index contributed by atoms with van der Waals surface area (Å²) in [6, 6.07) is 18.5. The molecule has 0 radical (unpaired) electrons. The summed E-state index contributed by atoms with van der Waals surface area (Å²) < 4.78 is 47.9. The van der Waals surface area contributed by atoms with Crippen LogP contribution < -0.4 is 15.1 Å². The number of hydroxylamine groups is 1. The summed E-state index contributed by atoms with van der Waals surface area (Å²) >= 11 is 6.68. The molecule has 10 nitrogen and oxygen atoms in total. The van der Waals surface area contributed by atoms with Crippen LogP contribution in [-0.4, -0.2) is 50.2 Å². The summed E-state index contributed by atoms with van der Waals surface area (Å²) in [7, 11) is 1.60. The van der Waals surface area contributed by atoms with Crippen LogP contribution in [0, 0.1) is 6.92 Å². The van der Waals surface area contributed by atoms with Crippen molar-refractivity contribution >= 4 is 45.9 Å². The Morgan fingerprint density at radius 3 is 2.56 bits per heavy atom. The van der Waals surface area contributed by atoms with Crippen molar-refractivity contribution in [2.75, 3.05) is 17.8 Å². The van der Waals surface area contributed by atoms with Crippen molar-refractivity contribution in [2.24, 2.45) is 4.99 Å². The van der Waals surface area contributed by atoms with Gasteiger partial charge in [-0.2, -0.15) is 4.99 Å². The predicted octanol–water partition coefficient (Wildman–Crippen LogP) is 6.29. The minimum atomic E-state index is -4.76. The molecule has 1 aromatic heterocycles. The Kier molecular flexibility index (Phi) is 9.82. The maximum Gasteiger partial charge on any atom is 0.573 e. The Morgan fingerprint density at radius 2 is 1.87 bits per heavy atom. The minimum Gasteiger partial charge on any atom is -0.406 e. The number of nitrogens with one attached hydrogen (secondary N) is 1. The number of ether oxygens (including phenoxy) is 2. The molecule has 0 bridgehead atoms. The number of amidine groups is 1. The summed E-state index contributed by atoms with van der Waals surface area (Å²) in [5.74, 6) is 0.235. The number of hydrogen-bond acceptors (Lipinski definition) is 8. The number of thiocarbonyl (C=S) groups is 1. The molecule has 1 amide bonds. The monoisotopic (exact) mass is 656 g/mol. The summed E-state index contributed by atoms with van der Waals surface area (Å²) in [6.45, 7) is 4.13. The lowest BCUT2D eigenvalue weighted by Gasteiger charge is -2.20. The summed E-state index contributed by atoms with van der Waals surface area (Å²) in [4.78, 5) is 28.8. The quantitative estimate of drug-likeness (QED) is 0.165. The first kappa shape index (κ1) is 32.1. The molecule has 1 aliphatic heterocycles. The molecule has 234 valence electrons. The highest BCUT2D eigenvalue weighted by molar-refractivity contribution is 8.15. The number of rotatable bonds is 9. The summed E-state index contributed by atoms with van der Waals surface area (Å²) in [5, 5.41) is 4.93. The van der Waals surface area contributed by atoms with Crippen LogP contribution in [0.15, 0.2) is 78.0 Å². The zero-order valence-corrected chi connectivity index (χ0v) is 25.9. The van der Waals surface area contributed by atoms with Crippen LogP contribution in [0.3, 0.4) is 0 Å². The van der Waals surface area contributed by atoms with Gasteiger partial charge in [-0.1, -0.05) is 48.2 Å². The maximum absolute atomic E-state index is 12.8. The molecule has 1 saturated heterocycles. The summed E-state index contributed by atoms with van der Waals surface area (Å²) in [5.41, 5.74) is 7.33. The number of methoxy groups -OCH3 is 1. The second kappa shape index (κ2) is 13.8. The van der Waals surface area contributed by atoms with Gasteiger partial charge in [0.25, 0.3) is 0 Å². The Labute approximate surface area is 266 Å². The number of carbonyl (C=O) groups is 1. The molecule has 0 saturated carbocycles. The van der Waals surface area contributed by atoms with Crippen LogP contribution in [0.5, 0.6) is 5.75 Å². The number of aryl methyl sites for hydroxylation is 1. The highest BCUT2D eigenvalue weighted by atomic mass is 32.2. The Balaban J connectivity index is 1.20. The molecule has 1 unspecified atom stereocenters. The molecule has 4 aromatic rings. The second-order valence-corrected chi connectivity index (χ2v) is 11.2. The second-order valence-electron chi connectivity index (χ2n) is 9.82. The number of amides is 1. The van der Waals surface area contributed by atoms with E-state index in [0.29, 0.717) is 29.0 Å². The molecule has 1 atom stereocenters. The van der Waals surface area contributed by atoms with E-state index in [9.17, 15) is 18.0 Å². The van der Waals surface area contributed by atoms with Crippen molar-refractivity contribution in [3.05, 3.63) is 89.7 Å². The average molecular weight is 657 g/mol. The third-order valence-electron chi connectivity index (χ3n) is 6.53. The fraction of sp³-hybridized carbons (Fsp3) is 0.233. The highest BCUT2D eigenvalue weighted by Gasteiger charge is 2.32. The van der Waals surface area contributed by atoms with Crippen molar-refractivity contribution in [2.45, 2.75) is 32.9 Å². The number of benzene rings is 3. The van der Waals surface area contributed by atoms with E-state index in [1.165, 1.54) is 47.0 Å². The molecule has 1 fully saturated rings. The molecular formula is C30H27F3N6O4S2. The predicted molar refractivity (Wildman–Crippen MR) is 168 cm³/mol. The fourth-order valence-electron chi connectivity index (χ4n) is 4.38. The topological polar surface area (TPSA) is 103 Å². The maximum atomic E-state index is 12.8. The zero-order chi connectivity index (χ0) is 32.1. The van der Waals surface area contributed by atoms with Crippen molar-refractivity contribution in [3.63, 3.8) is 0 Å². The zero-order valence-electron chi connectivity index (χ0n) is 24.2. The molecule has 0 spiro atoms. The van der Waals surface area contributed by atoms with E-state index in [1.807, 2.05) is 56.3 Å². The standard InChI is InChI=1S/C30H27F3N6O4S2/c1-18-4-5-22(15-41-3)25(14-18)39-26(40)16-45-29(39)35-28(44)37-43-19(2)20-6-8-21(9-7-20)27-34-17-38(36-27)23-10-12-24(13-11-23)42-30(31,32)33/h4-14,17,19H,15-16H2,1-3H3,(H,37,44). The van der Waals surface area contributed by atoms with E-state index in [2.05, 4.69) is 25.3 Å². The van der Waals surface area contributed by atoms with E-state index in [-0.39, 0.29) is 22.5 Å². The van der Waals surface area contributed by atoms with Gasteiger partial charge < -0.3 is 9.47 Å². The van der Waals surface area contributed by atoms with E-state index in [1.54, 1.807) is 12.0 Å². The number of aromatic nitrogens is 3. The van der Waals surface area contributed by atoms with Crippen LogP contribution in [0.2, 0.25) is 0 Å². The molecular weight excluding hydrogens is 629 g/mol. The first-order valence-corrected chi connectivity index (χ1v) is 14.9. The minimum absolute atomic E-state index is 0.0642. The largest absolute Gasteiger partial charge is 0.573 e. The third-order valence-corrected chi connectivity index (χ3v) is 7.63. The van der Waals surface area contributed by atoms with Crippen LogP contribution in [0.1, 0.15) is 29.7 Å². The number of hydrogen-bond donors (Lipinski definition) is 1. The van der Waals surface area contributed by atoms with Crippen molar-refractivity contribution in [3.8, 4) is 22.8 Å². The smallest absolute Gasteiger partial charge is 0.406 e. The number of alkyl halides is 3. The highest BCUT2D eigenvalue weighted by Crippen LogP contribution is 2.31. The number of carbonyl (C=O) groups excluding carboxylic acids is 1. The van der Waals surface area contributed by atoms with Crippen molar-refractivity contribution < 1.29 is 32.3 Å². The Morgan fingerprint density at radius 1 is 1.13 bits per heavy atom. The van der Waals surface area contributed by atoms with Gasteiger partial charge in [-0.15, -0.1) is 18.3 Å². The SMILES string of the molecule is COCc1ccc(C)cc1N1C(=O)CSC1=NC(=S)NOC(C)c1ccc(-c2ncn(-c3ccc(OC(F)(F)F)cc3)n2)cc1. The molecule has 1 N–H and O–H groups in total. The van der Waals surface area contributed by atoms with Crippen LogP contribution in [0.25, 0.3) is 17.1 Å². The van der Waals surface area contributed by atoms with Gasteiger partial charge in [-0.05, 0) is 67.5 Å². The molecule has 15 heteroatoms. The van der Waals surface area contributed by atoms with Crippen LogP contribution >= 0.6 is 24.0 Å².